The maximum absolute atomic E-state index is 12.2. The van der Waals surface area contributed by atoms with Crippen LogP contribution in [0, 0.1) is 22.0 Å². The molecule has 0 saturated heterocycles. The van der Waals surface area contributed by atoms with Gasteiger partial charge in [0.1, 0.15) is 0 Å². The Kier molecular flexibility index (Phi) is 5.39. The minimum absolute atomic E-state index is 0.00658. The number of nitro benzene ring substituents is 1. The van der Waals surface area contributed by atoms with Crippen LogP contribution in [0.1, 0.15) is 5.56 Å². The third-order valence-electron chi connectivity index (χ3n) is 3.14. The summed E-state index contributed by atoms with van der Waals surface area (Å²) in [5, 5.41) is 10.6. The highest BCUT2D eigenvalue weighted by atomic mass is 32.2. The summed E-state index contributed by atoms with van der Waals surface area (Å²) in [6.07, 6.45) is 1.94. The number of thioether (sulfide) groups is 1. The average Bonchev–Trinajstić information content (AvgIpc) is 2.59. The molecule has 2 rings (SSSR count). The van der Waals surface area contributed by atoms with Gasteiger partial charge in [-0.15, -0.1) is 11.8 Å². The normalized spacial score (nSPS) is 9.65. The van der Waals surface area contributed by atoms with Gasteiger partial charge in [-0.2, -0.15) is 0 Å². The predicted octanol–water partition coefficient (Wildman–Crippen LogP) is 3.33. The number of carbonyl (C=O) groups is 1. The molecule has 5 nitrogen and oxygen atoms in total. The van der Waals surface area contributed by atoms with Gasteiger partial charge in [0.2, 0.25) is 0 Å². The van der Waals surface area contributed by atoms with Crippen LogP contribution in [-0.4, -0.2) is 24.1 Å². The molecule has 0 unspecified atom stereocenters. The fraction of sp³-hybridized carbons (Fsp3) is 0.118. The molecule has 0 radical (unpaired) electrons. The highest BCUT2D eigenvalue weighted by Crippen LogP contribution is 2.27. The zero-order chi connectivity index (χ0) is 16.8. The summed E-state index contributed by atoms with van der Waals surface area (Å²) < 4.78 is 0. The van der Waals surface area contributed by atoms with E-state index < -0.39 is 4.92 Å². The van der Waals surface area contributed by atoms with Gasteiger partial charge in [-0.1, -0.05) is 18.1 Å². The Morgan fingerprint density at radius 2 is 1.83 bits per heavy atom. The van der Waals surface area contributed by atoms with Crippen molar-refractivity contribution >= 4 is 29.0 Å². The van der Waals surface area contributed by atoms with E-state index in [1.807, 2.05) is 30.5 Å². The van der Waals surface area contributed by atoms with Crippen molar-refractivity contribution in [2.24, 2.45) is 0 Å². The zero-order valence-electron chi connectivity index (χ0n) is 12.6. The SMILES string of the molecule is CSc1ccccc1N(C)C(=O)C#Cc1ccc([N+](=O)[O-])cc1. The molecule has 0 N–H and O–H groups in total. The van der Waals surface area contributed by atoms with Crippen LogP contribution in [0.3, 0.4) is 0 Å². The van der Waals surface area contributed by atoms with Crippen molar-refractivity contribution in [1.82, 2.24) is 0 Å². The number of nitrogens with zero attached hydrogens (tertiary/aromatic N) is 2. The van der Waals surface area contributed by atoms with Crippen LogP contribution in [0.4, 0.5) is 11.4 Å². The molecule has 2 aromatic rings. The summed E-state index contributed by atoms with van der Waals surface area (Å²) in [7, 11) is 1.67. The first-order chi connectivity index (χ1) is 11.0. The third-order valence-corrected chi connectivity index (χ3v) is 3.93. The number of non-ortho nitro benzene ring substituents is 1. The van der Waals surface area contributed by atoms with E-state index in [2.05, 4.69) is 11.8 Å². The van der Waals surface area contributed by atoms with Gasteiger partial charge in [-0.25, -0.2) is 0 Å². The van der Waals surface area contributed by atoms with Crippen LogP contribution in [0.15, 0.2) is 53.4 Å². The van der Waals surface area contributed by atoms with Crippen LogP contribution >= 0.6 is 11.8 Å². The second-order valence-corrected chi connectivity index (χ2v) is 5.44. The lowest BCUT2D eigenvalue weighted by Gasteiger charge is -2.17. The Bertz CT molecular complexity index is 791. The van der Waals surface area contributed by atoms with E-state index in [9.17, 15) is 14.9 Å². The van der Waals surface area contributed by atoms with E-state index in [-0.39, 0.29) is 11.6 Å². The number of anilines is 1. The van der Waals surface area contributed by atoms with Gasteiger partial charge >= 0.3 is 5.91 Å². The minimum atomic E-state index is -0.477. The number of hydrogen-bond donors (Lipinski definition) is 0. The topological polar surface area (TPSA) is 63.5 Å². The molecule has 116 valence electrons. The molecular formula is C17H14N2O3S. The zero-order valence-corrected chi connectivity index (χ0v) is 13.5. The van der Waals surface area contributed by atoms with Gasteiger partial charge in [0, 0.05) is 35.6 Å². The average molecular weight is 326 g/mol. The number of rotatable bonds is 3. The second kappa shape index (κ2) is 7.47. The van der Waals surface area contributed by atoms with Crippen molar-refractivity contribution in [2.45, 2.75) is 4.90 Å². The molecule has 0 atom stereocenters. The van der Waals surface area contributed by atoms with Gasteiger partial charge in [0.05, 0.1) is 10.6 Å². The lowest BCUT2D eigenvalue weighted by Crippen LogP contribution is -2.25. The summed E-state index contributed by atoms with van der Waals surface area (Å²) in [5.74, 6) is 4.94. The van der Waals surface area contributed by atoms with Crippen LogP contribution < -0.4 is 4.90 Å². The van der Waals surface area contributed by atoms with Crippen LogP contribution in [0.5, 0.6) is 0 Å². The van der Waals surface area contributed by atoms with Gasteiger partial charge in [-0.05, 0) is 30.5 Å². The molecule has 0 fully saturated rings. The Hall–Kier alpha value is -2.78. The standard InChI is InChI=1S/C17H14N2O3S/c1-18(15-5-3-4-6-16(15)23-2)17(20)12-9-13-7-10-14(11-8-13)19(21)22/h3-8,10-11H,1-2H3. The molecule has 0 heterocycles. The van der Waals surface area contributed by atoms with Crippen molar-refractivity contribution in [3.63, 3.8) is 0 Å². The number of benzene rings is 2. The highest BCUT2D eigenvalue weighted by Gasteiger charge is 2.11. The largest absolute Gasteiger partial charge is 0.304 e. The fourth-order valence-electron chi connectivity index (χ4n) is 1.89. The number of carbonyl (C=O) groups excluding carboxylic acids is 1. The molecule has 6 heteroatoms. The Balaban J connectivity index is 2.17. The number of para-hydroxylation sites is 1. The Morgan fingerprint density at radius 3 is 2.43 bits per heavy atom. The summed E-state index contributed by atoms with van der Waals surface area (Å²) in [6, 6.07) is 13.3. The third kappa shape index (κ3) is 4.11. The smallest absolute Gasteiger partial charge is 0.303 e. The van der Waals surface area contributed by atoms with E-state index in [0.717, 1.165) is 10.6 Å². The molecule has 0 aliphatic rings. The van der Waals surface area contributed by atoms with Crippen LogP contribution in [0.25, 0.3) is 0 Å². The van der Waals surface area contributed by atoms with Crippen molar-refractivity contribution in [3.05, 3.63) is 64.2 Å². The maximum atomic E-state index is 12.2. The van der Waals surface area contributed by atoms with E-state index in [0.29, 0.717) is 5.56 Å². The number of amides is 1. The Morgan fingerprint density at radius 1 is 1.17 bits per heavy atom. The summed E-state index contributed by atoms with van der Waals surface area (Å²) in [4.78, 5) is 24.8. The monoisotopic (exact) mass is 326 g/mol. The summed E-state index contributed by atoms with van der Waals surface area (Å²) in [6.45, 7) is 0. The van der Waals surface area contributed by atoms with E-state index in [4.69, 9.17) is 0 Å². The van der Waals surface area contributed by atoms with Crippen molar-refractivity contribution < 1.29 is 9.72 Å². The fourth-order valence-corrected chi connectivity index (χ4v) is 2.52. The molecule has 0 bridgehead atoms. The molecule has 1 amide bonds. The summed E-state index contributed by atoms with van der Waals surface area (Å²) >= 11 is 1.55. The summed E-state index contributed by atoms with van der Waals surface area (Å²) in [5.41, 5.74) is 1.34. The number of hydrogen-bond acceptors (Lipinski definition) is 4. The van der Waals surface area contributed by atoms with Gasteiger partial charge in [0.25, 0.3) is 5.69 Å². The van der Waals surface area contributed by atoms with E-state index in [1.165, 1.54) is 29.2 Å². The first-order valence-electron chi connectivity index (χ1n) is 6.70. The maximum Gasteiger partial charge on any atom is 0.303 e. The van der Waals surface area contributed by atoms with Crippen molar-refractivity contribution in [1.29, 1.82) is 0 Å². The van der Waals surface area contributed by atoms with Crippen molar-refractivity contribution in [3.8, 4) is 11.8 Å². The molecule has 0 spiro atoms. The second-order valence-electron chi connectivity index (χ2n) is 4.59. The number of nitro groups is 1. The lowest BCUT2D eigenvalue weighted by molar-refractivity contribution is -0.384. The molecule has 2 aromatic carbocycles. The lowest BCUT2D eigenvalue weighted by atomic mass is 10.2. The minimum Gasteiger partial charge on any atom is -0.304 e. The van der Waals surface area contributed by atoms with Crippen molar-refractivity contribution in [2.75, 3.05) is 18.2 Å². The van der Waals surface area contributed by atoms with E-state index >= 15 is 0 Å². The van der Waals surface area contributed by atoms with Gasteiger partial charge < -0.3 is 4.90 Å². The molecule has 0 aromatic heterocycles. The van der Waals surface area contributed by atoms with E-state index in [1.54, 1.807) is 18.8 Å². The van der Waals surface area contributed by atoms with Crippen LogP contribution in [0.2, 0.25) is 0 Å². The highest BCUT2D eigenvalue weighted by molar-refractivity contribution is 7.98. The first-order valence-corrected chi connectivity index (χ1v) is 7.92. The van der Waals surface area contributed by atoms with Gasteiger partial charge in [-0.3, -0.25) is 14.9 Å². The molecule has 0 aliphatic carbocycles. The van der Waals surface area contributed by atoms with Crippen LogP contribution in [-0.2, 0) is 4.79 Å². The molecule has 0 saturated carbocycles. The van der Waals surface area contributed by atoms with Gasteiger partial charge in [0.15, 0.2) is 0 Å². The predicted molar refractivity (Wildman–Crippen MR) is 91.6 cm³/mol. The quantitative estimate of drug-likeness (QED) is 0.376. The Labute approximate surface area is 138 Å². The first kappa shape index (κ1) is 16.6. The molecule has 23 heavy (non-hydrogen) atoms. The molecular weight excluding hydrogens is 312 g/mol. The molecule has 0 aliphatic heterocycles.